The molecule has 0 bridgehead atoms. The van der Waals surface area contributed by atoms with Crippen LogP contribution in [-0.2, 0) is 13.8 Å². The Morgan fingerprint density at radius 1 is 1.45 bits per heavy atom. The molecular formula is C9H13IN3O8P. The van der Waals surface area contributed by atoms with Crippen molar-refractivity contribution in [3.63, 3.8) is 0 Å². The van der Waals surface area contributed by atoms with Crippen molar-refractivity contribution in [2.45, 2.75) is 24.5 Å². The Hall–Kier alpha value is -0.600. The highest BCUT2D eigenvalue weighted by Crippen LogP contribution is 2.38. The Bertz CT molecular complexity index is 663. The van der Waals surface area contributed by atoms with Crippen LogP contribution < -0.4 is 11.4 Å². The van der Waals surface area contributed by atoms with E-state index < -0.39 is 44.7 Å². The molecule has 2 heterocycles. The van der Waals surface area contributed by atoms with E-state index in [0.717, 1.165) is 4.57 Å². The fourth-order valence-electron chi connectivity index (χ4n) is 1.91. The number of phosphoric ester groups is 1. The topological polar surface area (TPSA) is 177 Å². The van der Waals surface area contributed by atoms with Gasteiger partial charge in [0.2, 0.25) is 0 Å². The second-order valence-corrected chi connectivity index (χ2v) is 6.90. The maximum Gasteiger partial charge on any atom is 0.469 e. The second kappa shape index (κ2) is 6.49. The van der Waals surface area contributed by atoms with Gasteiger partial charge in [-0.05, 0) is 22.6 Å². The van der Waals surface area contributed by atoms with E-state index in [9.17, 15) is 19.6 Å². The Labute approximate surface area is 137 Å². The molecule has 2 rings (SSSR count). The number of rotatable bonds is 4. The molecule has 0 radical (unpaired) electrons. The van der Waals surface area contributed by atoms with E-state index in [2.05, 4.69) is 9.51 Å². The number of halogens is 1. The van der Waals surface area contributed by atoms with Gasteiger partial charge in [-0.3, -0.25) is 9.09 Å². The number of hydrogen-bond donors (Lipinski definition) is 5. The number of aromatic nitrogens is 2. The Morgan fingerprint density at radius 3 is 2.68 bits per heavy atom. The molecule has 124 valence electrons. The van der Waals surface area contributed by atoms with Crippen LogP contribution >= 0.6 is 30.4 Å². The lowest BCUT2D eigenvalue weighted by molar-refractivity contribution is -0.0543. The minimum atomic E-state index is -4.75. The van der Waals surface area contributed by atoms with Gasteiger partial charge >= 0.3 is 13.5 Å². The first-order chi connectivity index (χ1) is 10.1. The summed E-state index contributed by atoms with van der Waals surface area (Å²) in [5.74, 6) is 0.0104. The molecule has 0 aliphatic carbocycles. The smallest absolute Gasteiger partial charge is 0.387 e. The molecular weight excluding hydrogens is 436 g/mol. The van der Waals surface area contributed by atoms with E-state index in [0.29, 0.717) is 3.57 Å². The number of nitrogen functional groups attached to an aromatic ring is 1. The molecule has 1 aromatic heterocycles. The van der Waals surface area contributed by atoms with Crippen LogP contribution in [0.2, 0.25) is 0 Å². The number of hydrogen-bond acceptors (Lipinski definition) is 8. The van der Waals surface area contributed by atoms with Crippen LogP contribution in [0.4, 0.5) is 5.82 Å². The summed E-state index contributed by atoms with van der Waals surface area (Å²) in [4.78, 5) is 32.6. The van der Waals surface area contributed by atoms with Gasteiger partial charge in [0.1, 0.15) is 24.1 Å². The normalized spacial score (nSPS) is 29.0. The summed E-state index contributed by atoms with van der Waals surface area (Å²) in [5, 5.41) is 19.8. The predicted molar refractivity (Wildman–Crippen MR) is 79.5 cm³/mol. The summed E-state index contributed by atoms with van der Waals surface area (Å²) in [5.41, 5.74) is 4.68. The molecule has 0 aromatic carbocycles. The molecule has 22 heavy (non-hydrogen) atoms. The molecule has 13 heteroatoms. The zero-order chi connectivity index (χ0) is 16.7. The van der Waals surface area contributed by atoms with E-state index >= 15 is 0 Å². The Balaban J connectivity index is 2.22. The van der Waals surface area contributed by atoms with Crippen molar-refractivity contribution in [3.05, 3.63) is 20.3 Å². The highest BCUT2D eigenvalue weighted by Gasteiger charge is 2.45. The zero-order valence-electron chi connectivity index (χ0n) is 10.8. The monoisotopic (exact) mass is 449 g/mol. The maximum absolute atomic E-state index is 11.8. The van der Waals surface area contributed by atoms with Gasteiger partial charge in [0.05, 0.1) is 10.2 Å². The van der Waals surface area contributed by atoms with E-state index in [1.165, 1.54) is 6.20 Å². The third-order valence-electron chi connectivity index (χ3n) is 2.95. The first kappa shape index (κ1) is 17.7. The molecule has 1 fully saturated rings. The Morgan fingerprint density at radius 2 is 2.09 bits per heavy atom. The molecule has 0 saturated carbocycles. The maximum atomic E-state index is 11.8. The van der Waals surface area contributed by atoms with E-state index in [-0.39, 0.29) is 5.82 Å². The second-order valence-electron chi connectivity index (χ2n) is 4.50. The van der Waals surface area contributed by atoms with Crippen LogP contribution in [0.15, 0.2) is 11.0 Å². The number of ether oxygens (including phenoxy) is 1. The number of aliphatic hydroxyl groups is 2. The van der Waals surface area contributed by atoms with Gasteiger partial charge in [-0.1, -0.05) is 0 Å². The average molecular weight is 449 g/mol. The van der Waals surface area contributed by atoms with Crippen molar-refractivity contribution in [2.24, 2.45) is 0 Å². The summed E-state index contributed by atoms with van der Waals surface area (Å²) < 4.78 is 21.5. The molecule has 2 unspecified atom stereocenters. The minimum absolute atomic E-state index is 0.0104. The molecule has 4 atom stereocenters. The summed E-state index contributed by atoms with van der Waals surface area (Å²) in [6.45, 7) is -0.659. The molecule has 6 N–H and O–H groups in total. The van der Waals surface area contributed by atoms with Crippen LogP contribution in [0, 0.1) is 3.57 Å². The third-order valence-corrected chi connectivity index (χ3v) is 4.27. The quantitative estimate of drug-likeness (QED) is 0.259. The summed E-state index contributed by atoms with van der Waals surface area (Å²) >= 11 is 1.82. The SMILES string of the molecule is Nc1nc(=O)n([C@@H]2O[C@H](COP(=O)(O)O)C(O)C2O)cc1I. The number of nitrogens with two attached hydrogens (primary N) is 1. The lowest BCUT2D eigenvalue weighted by Gasteiger charge is -2.17. The lowest BCUT2D eigenvalue weighted by atomic mass is 10.1. The Kier molecular flexibility index (Phi) is 5.23. The van der Waals surface area contributed by atoms with Gasteiger partial charge in [-0.2, -0.15) is 4.98 Å². The highest BCUT2D eigenvalue weighted by atomic mass is 127. The number of nitrogens with zero attached hydrogens (tertiary/aromatic N) is 2. The first-order valence-corrected chi connectivity index (χ1v) is 8.47. The number of phosphoric acid groups is 1. The molecule has 1 aliphatic rings. The number of aliphatic hydroxyl groups excluding tert-OH is 2. The third kappa shape index (κ3) is 3.83. The zero-order valence-corrected chi connectivity index (χ0v) is 13.9. The van der Waals surface area contributed by atoms with Crippen molar-refractivity contribution in [3.8, 4) is 0 Å². The fourth-order valence-corrected chi connectivity index (χ4v) is 2.67. The first-order valence-electron chi connectivity index (χ1n) is 5.86. The van der Waals surface area contributed by atoms with Gasteiger partial charge in [-0.15, -0.1) is 0 Å². The number of anilines is 1. The molecule has 1 aromatic rings. The molecule has 1 aliphatic heterocycles. The van der Waals surface area contributed by atoms with E-state index in [1.807, 2.05) is 22.6 Å². The minimum Gasteiger partial charge on any atom is -0.387 e. The largest absolute Gasteiger partial charge is 0.469 e. The van der Waals surface area contributed by atoms with Crippen LogP contribution in [0.5, 0.6) is 0 Å². The van der Waals surface area contributed by atoms with Gasteiger partial charge in [-0.25, -0.2) is 9.36 Å². The lowest BCUT2D eigenvalue weighted by Crippen LogP contribution is -2.36. The summed E-state index contributed by atoms with van der Waals surface area (Å²) in [7, 11) is -4.75. The highest BCUT2D eigenvalue weighted by molar-refractivity contribution is 14.1. The standard InChI is InChI=1S/C9H13IN3O8P/c10-3-1-13(9(16)12-7(3)11)8-6(15)5(14)4(21-8)2-20-22(17,18)19/h1,4-6,8,14-15H,2H2,(H2,11,12,16)(H2,17,18,19)/t4-,5?,6?,8-/m1/s1. The fraction of sp³-hybridized carbons (Fsp3) is 0.556. The van der Waals surface area contributed by atoms with Crippen molar-refractivity contribution < 1.29 is 33.8 Å². The van der Waals surface area contributed by atoms with Crippen LogP contribution in [0.3, 0.4) is 0 Å². The molecule has 11 nitrogen and oxygen atoms in total. The molecule has 0 amide bonds. The van der Waals surface area contributed by atoms with Gasteiger partial charge < -0.3 is 30.5 Å². The van der Waals surface area contributed by atoms with Crippen molar-refractivity contribution in [1.82, 2.24) is 9.55 Å². The van der Waals surface area contributed by atoms with Gasteiger partial charge in [0.25, 0.3) is 0 Å². The van der Waals surface area contributed by atoms with Crippen LogP contribution in [-0.4, -0.2) is 54.5 Å². The van der Waals surface area contributed by atoms with E-state index in [1.54, 1.807) is 0 Å². The molecule has 0 spiro atoms. The van der Waals surface area contributed by atoms with Crippen molar-refractivity contribution in [2.75, 3.05) is 12.3 Å². The summed E-state index contributed by atoms with van der Waals surface area (Å²) in [6, 6.07) is 0. The average Bonchev–Trinajstić information content (AvgIpc) is 2.68. The van der Waals surface area contributed by atoms with Crippen LogP contribution in [0.25, 0.3) is 0 Å². The van der Waals surface area contributed by atoms with E-state index in [4.69, 9.17) is 20.3 Å². The van der Waals surface area contributed by atoms with Crippen molar-refractivity contribution in [1.29, 1.82) is 0 Å². The van der Waals surface area contributed by atoms with Crippen LogP contribution in [0.1, 0.15) is 6.23 Å². The molecule has 1 saturated heterocycles. The predicted octanol–water partition coefficient (Wildman–Crippen LogP) is -1.84. The van der Waals surface area contributed by atoms with Gasteiger partial charge in [0, 0.05) is 6.20 Å². The summed E-state index contributed by atoms with van der Waals surface area (Å²) in [6.07, 6.45) is -4.23. The van der Waals surface area contributed by atoms with Gasteiger partial charge in [0.15, 0.2) is 6.23 Å². The van der Waals surface area contributed by atoms with Crippen molar-refractivity contribution >= 4 is 36.2 Å².